The van der Waals surface area contributed by atoms with Gasteiger partial charge in [0, 0.05) is 24.4 Å². The highest BCUT2D eigenvalue weighted by Gasteiger charge is 2.16. The Morgan fingerprint density at radius 2 is 1.51 bits per heavy atom. The van der Waals surface area contributed by atoms with Crippen LogP contribution in [0.5, 0.6) is 23.0 Å². The van der Waals surface area contributed by atoms with Crippen LogP contribution in [0.2, 0.25) is 0 Å². The fourth-order valence-electron chi connectivity index (χ4n) is 5.41. The quantitative estimate of drug-likeness (QED) is 0.121. The van der Waals surface area contributed by atoms with Gasteiger partial charge < -0.3 is 34.5 Å². The first-order valence-electron chi connectivity index (χ1n) is 16.4. The summed E-state index contributed by atoms with van der Waals surface area (Å²) in [5.41, 5.74) is 4.20. The van der Waals surface area contributed by atoms with E-state index in [9.17, 15) is 19.5 Å². The van der Waals surface area contributed by atoms with E-state index < -0.39 is 11.9 Å². The molecule has 1 heterocycles. The number of carbonyl (C=O) groups excluding carboxylic acids is 1. The Balaban J connectivity index is 1.32. The first kappa shape index (κ1) is 35.1. The maximum atomic E-state index is 12.9. The number of benzene rings is 3. The van der Waals surface area contributed by atoms with Gasteiger partial charge in [0.2, 0.25) is 0 Å². The first-order chi connectivity index (χ1) is 22.7. The summed E-state index contributed by atoms with van der Waals surface area (Å²) in [5, 5.41) is 21.1. The van der Waals surface area contributed by atoms with Crippen molar-refractivity contribution >= 4 is 17.8 Å². The monoisotopic (exact) mass is 647 g/mol. The topological polar surface area (TPSA) is 141 Å². The third-order valence-corrected chi connectivity index (χ3v) is 7.68. The number of hydrogen-bond donors (Lipinski definition) is 3. The van der Waals surface area contributed by atoms with Gasteiger partial charge in [0.1, 0.15) is 24.7 Å². The summed E-state index contributed by atoms with van der Waals surface area (Å²) in [7, 11) is 0. The Bertz CT molecular complexity index is 1520. The molecule has 0 fully saturated rings. The van der Waals surface area contributed by atoms with Gasteiger partial charge in [-0.25, -0.2) is 0 Å². The van der Waals surface area contributed by atoms with E-state index in [2.05, 4.69) is 5.32 Å². The van der Waals surface area contributed by atoms with Crippen molar-refractivity contribution in [3.63, 3.8) is 0 Å². The van der Waals surface area contributed by atoms with Gasteiger partial charge >= 0.3 is 11.9 Å². The summed E-state index contributed by atoms with van der Waals surface area (Å²) in [5.74, 6) is 0.718. The van der Waals surface area contributed by atoms with Crippen molar-refractivity contribution in [2.24, 2.45) is 0 Å². The molecule has 0 spiro atoms. The number of carboxylic acid groups (broad SMARTS) is 2. The molecule has 0 saturated carbocycles. The predicted octanol–water partition coefficient (Wildman–Crippen LogP) is 6.71. The maximum absolute atomic E-state index is 12.9. The van der Waals surface area contributed by atoms with Gasteiger partial charge in [-0.2, -0.15) is 0 Å². The minimum absolute atomic E-state index is 0.00289. The smallest absolute Gasteiger partial charge is 0.303 e. The van der Waals surface area contributed by atoms with Crippen molar-refractivity contribution < 1.29 is 43.5 Å². The fourth-order valence-corrected chi connectivity index (χ4v) is 5.41. The summed E-state index contributed by atoms with van der Waals surface area (Å²) in [6.07, 6.45) is 5.20. The van der Waals surface area contributed by atoms with Gasteiger partial charge in [0.25, 0.3) is 5.91 Å². The van der Waals surface area contributed by atoms with Crippen LogP contribution in [0, 0.1) is 0 Å². The van der Waals surface area contributed by atoms with E-state index in [0.717, 1.165) is 54.4 Å². The lowest BCUT2D eigenvalue weighted by atomic mass is 9.97. The molecular weight excluding hydrogens is 602 g/mol. The summed E-state index contributed by atoms with van der Waals surface area (Å²) < 4.78 is 23.4. The summed E-state index contributed by atoms with van der Waals surface area (Å²) in [4.78, 5) is 35.0. The molecule has 3 aromatic rings. The zero-order chi connectivity index (χ0) is 33.6. The Morgan fingerprint density at radius 3 is 2.28 bits per heavy atom. The van der Waals surface area contributed by atoms with Gasteiger partial charge in [0.05, 0.1) is 13.2 Å². The molecule has 10 heteroatoms. The third-order valence-electron chi connectivity index (χ3n) is 7.68. The highest BCUT2D eigenvalue weighted by Crippen LogP contribution is 2.36. The Kier molecular flexibility index (Phi) is 13.3. The molecule has 3 aromatic carbocycles. The maximum Gasteiger partial charge on any atom is 0.303 e. The number of aliphatic carboxylic acids is 2. The number of fused-ring (bicyclic) bond motifs is 1. The van der Waals surface area contributed by atoms with Crippen molar-refractivity contribution in [3.05, 3.63) is 71.3 Å². The van der Waals surface area contributed by atoms with Crippen molar-refractivity contribution in [3.8, 4) is 34.1 Å². The molecule has 0 aromatic heterocycles. The molecule has 0 unspecified atom stereocenters. The second-order valence-electron chi connectivity index (χ2n) is 11.9. The van der Waals surface area contributed by atoms with Crippen molar-refractivity contribution in [2.45, 2.75) is 77.7 Å². The van der Waals surface area contributed by atoms with Gasteiger partial charge in [-0.3, -0.25) is 14.4 Å². The molecule has 0 atom stereocenters. The molecule has 0 aliphatic carbocycles. The average molecular weight is 648 g/mol. The van der Waals surface area contributed by atoms with E-state index in [4.69, 9.17) is 24.1 Å². The summed E-state index contributed by atoms with van der Waals surface area (Å²) >= 11 is 0. The number of unbranched alkanes of at least 4 members (excludes halogenated alkanes) is 3. The SMILES string of the molecule is CC(C)NC(=O)c1cc(OCCCCCCc2cccc(OCCCC(=O)O)c2CCC(=O)O)cc(-c2ccc3c(c2)OCCO3)c1. The number of ether oxygens (including phenoxy) is 4. The van der Waals surface area contributed by atoms with Crippen LogP contribution in [0.1, 0.15) is 80.3 Å². The van der Waals surface area contributed by atoms with E-state index in [0.29, 0.717) is 61.2 Å². The zero-order valence-electron chi connectivity index (χ0n) is 27.2. The largest absolute Gasteiger partial charge is 0.494 e. The first-order valence-corrected chi connectivity index (χ1v) is 16.4. The van der Waals surface area contributed by atoms with Crippen LogP contribution >= 0.6 is 0 Å². The molecule has 10 nitrogen and oxygen atoms in total. The second-order valence-corrected chi connectivity index (χ2v) is 11.9. The van der Waals surface area contributed by atoms with Crippen molar-refractivity contribution in [1.29, 1.82) is 0 Å². The Labute approximate surface area is 276 Å². The van der Waals surface area contributed by atoms with Gasteiger partial charge in [-0.05, 0) is 105 Å². The van der Waals surface area contributed by atoms with E-state index in [1.165, 1.54) is 0 Å². The predicted molar refractivity (Wildman–Crippen MR) is 178 cm³/mol. The molecule has 47 heavy (non-hydrogen) atoms. The number of amides is 1. The third kappa shape index (κ3) is 11.2. The number of carboxylic acids is 2. The van der Waals surface area contributed by atoms with Gasteiger partial charge in [-0.15, -0.1) is 0 Å². The lowest BCUT2D eigenvalue weighted by molar-refractivity contribution is -0.138. The van der Waals surface area contributed by atoms with Crippen molar-refractivity contribution in [1.82, 2.24) is 5.32 Å². The molecule has 1 aliphatic heterocycles. The zero-order valence-corrected chi connectivity index (χ0v) is 27.2. The average Bonchev–Trinajstić information content (AvgIpc) is 3.05. The van der Waals surface area contributed by atoms with Crippen LogP contribution in [0.25, 0.3) is 11.1 Å². The Hall–Kier alpha value is -4.73. The van der Waals surface area contributed by atoms with Crippen LogP contribution in [-0.2, 0) is 22.4 Å². The number of carbonyl (C=O) groups is 3. The number of rotatable bonds is 19. The number of hydrogen-bond acceptors (Lipinski definition) is 7. The lowest BCUT2D eigenvalue weighted by Crippen LogP contribution is -2.30. The van der Waals surface area contributed by atoms with E-state index in [1.807, 2.05) is 62.4 Å². The van der Waals surface area contributed by atoms with Crippen LogP contribution in [0.3, 0.4) is 0 Å². The highest BCUT2D eigenvalue weighted by molar-refractivity contribution is 5.96. The van der Waals surface area contributed by atoms with Crippen molar-refractivity contribution in [2.75, 3.05) is 26.4 Å². The van der Waals surface area contributed by atoms with Crippen LogP contribution in [-0.4, -0.2) is 60.5 Å². The highest BCUT2D eigenvalue weighted by atomic mass is 16.6. The normalized spacial score (nSPS) is 12.1. The van der Waals surface area contributed by atoms with Gasteiger partial charge in [-0.1, -0.05) is 31.0 Å². The minimum Gasteiger partial charge on any atom is -0.494 e. The van der Waals surface area contributed by atoms with E-state index in [-0.39, 0.29) is 31.4 Å². The molecule has 0 saturated heterocycles. The standard InChI is InChI=1S/C37H45NO9/c1-25(2)38-37(43)29-21-28(27-13-15-33-34(24-27)47-20-19-46-33)22-30(23-29)44-17-6-4-3-5-9-26-10-7-11-32(31(26)14-16-36(41)42)45-18-8-12-35(39)40/h7,10-11,13,15,21-25H,3-6,8-9,12,14,16-20H2,1-2H3,(H,38,43)(H,39,40)(H,41,42). The summed E-state index contributed by atoms with van der Waals surface area (Å²) in [6.45, 7) is 5.62. The molecular formula is C37H45NO9. The minimum atomic E-state index is -0.874. The molecule has 252 valence electrons. The molecule has 0 bridgehead atoms. The Morgan fingerprint density at radius 1 is 0.766 bits per heavy atom. The van der Waals surface area contributed by atoms with Crippen LogP contribution in [0.15, 0.2) is 54.6 Å². The lowest BCUT2D eigenvalue weighted by Gasteiger charge is -2.19. The number of aryl methyl sites for hydroxylation is 1. The van der Waals surface area contributed by atoms with Crippen LogP contribution in [0.4, 0.5) is 0 Å². The molecule has 3 N–H and O–H groups in total. The molecule has 1 aliphatic rings. The van der Waals surface area contributed by atoms with E-state index in [1.54, 1.807) is 6.07 Å². The van der Waals surface area contributed by atoms with Crippen LogP contribution < -0.4 is 24.3 Å². The molecule has 0 radical (unpaired) electrons. The number of nitrogens with one attached hydrogen (secondary N) is 1. The van der Waals surface area contributed by atoms with E-state index >= 15 is 0 Å². The fraction of sp³-hybridized carbons (Fsp3) is 0.432. The summed E-state index contributed by atoms with van der Waals surface area (Å²) in [6, 6.07) is 17.0. The van der Waals surface area contributed by atoms with Gasteiger partial charge in [0.15, 0.2) is 11.5 Å². The second kappa shape index (κ2) is 17.8. The molecule has 4 rings (SSSR count). The molecule has 1 amide bonds.